The van der Waals surface area contributed by atoms with Crippen molar-refractivity contribution in [3.63, 3.8) is 0 Å². The first kappa shape index (κ1) is 21.0. The van der Waals surface area contributed by atoms with Crippen LogP contribution in [-0.4, -0.2) is 44.2 Å². The molecule has 7 nitrogen and oxygen atoms in total. The van der Waals surface area contributed by atoms with Crippen LogP contribution in [0.25, 0.3) is 0 Å². The number of hydrogen-bond acceptors (Lipinski definition) is 5. The zero-order chi connectivity index (χ0) is 21.1. The van der Waals surface area contributed by atoms with E-state index in [1.54, 1.807) is 23.5 Å². The third kappa shape index (κ3) is 4.43. The highest BCUT2D eigenvalue weighted by Crippen LogP contribution is 2.37. The Labute approximate surface area is 180 Å². The van der Waals surface area contributed by atoms with Crippen LogP contribution in [0.1, 0.15) is 47.0 Å². The molecule has 2 amide bonds. The van der Waals surface area contributed by atoms with Crippen molar-refractivity contribution in [3.8, 4) is 0 Å². The number of sulfonamides is 1. The second kappa shape index (κ2) is 8.87. The van der Waals surface area contributed by atoms with Crippen LogP contribution in [0.4, 0.5) is 0 Å². The highest BCUT2D eigenvalue weighted by atomic mass is 32.2. The van der Waals surface area contributed by atoms with E-state index in [0.717, 1.165) is 22.0 Å². The summed E-state index contributed by atoms with van der Waals surface area (Å²) in [5.74, 6) is -0.214. The van der Waals surface area contributed by atoms with E-state index in [9.17, 15) is 18.0 Å². The first-order valence-corrected chi connectivity index (χ1v) is 12.5. The fourth-order valence-electron chi connectivity index (χ4n) is 4.17. The lowest BCUT2D eigenvalue weighted by Gasteiger charge is -2.26. The van der Waals surface area contributed by atoms with Crippen LogP contribution in [0.15, 0.2) is 46.7 Å². The van der Waals surface area contributed by atoms with Crippen LogP contribution >= 0.6 is 11.3 Å². The molecule has 2 N–H and O–H groups in total. The smallest absolute Gasteiger partial charge is 0.251 e. The van der Waals surface area contributed by atoms with Crippen LogP contribution < -0.4 is 10.6 Å². The van der Waals surface area contributed by atoms with Gasteiger partial charge in [-0.1, -0.05) is 25.0 Å². The second-order valence-electron chi connectivity index (χ2n) is 7.73. The zero-order valence-electron chi connectivity index (χ0n) is 16.5. The molecule has 1 atom stereocenters. The van der Waals surface area contributed by atoms with Crippen LogP contribution in [0, 0.1) is 5.92 Å². The SMILES string of the molecule is O=C1CN(S(=O)(=O)c2cccc(C(=O)NC(c3cccs3)C3CCCC3)c2)CCN1. The molecule has 0 radical (unpaired) electrons. The summed E-state index contributed by atoms with van der Waals surface area (Å²) in [7, 11) is -3.84. The standard InChI is InChI=1S/C21H25N3O4S2/c25-19-14-24(11-10-22-19)30(27,28)17-8-3-7-16(13-17)21(26)23-20(15-5-1-2-6-15)18-9-4-12-29-18/h3-4,7-9,12-13,15,20H,1-2,5-6,10-11,14H2,(H,22,25)(H,23,26). The van der Waals surface area contributed by atoms with E-state index in [1.807, 2.05) is 17.5 Å². The molecule has 1 aliphatic heterocycles. The van der Waals surface area contributed by atoms with Crippen molar-refractivity contribution in [3.05, 3.63) is 52.2 Å². The summed E-state index contributed by atoms with van der Waals surface area (Å²) in [6, 6.07) is 10.0. The van der Waals surface area contributed by atoms with E-state index >= 15 is 0 Å². The van der Waals surface area contributed by atoms with Gasteiger partial charge in [0.15, 0.2) is 0 Å². The topological polar surface area (TPSA) is 95.6 Å². The average molecular weight is 448 g/mol. The molecule has 2 fully saturated rings. The Morgan fingerprint density at radius 2 is 2.00 bits per heavy atom. The molecule has 1 saturated carbocycles. The number of benzene rings is 1. The number of piperazine rings is 1. The maximum absolute atomic E-state index is 13.0. The molecule has 9 heteroatoms. The van der Waals surface area contributed by atoms with Gasteiger partial charge in [-0.05, 0) is 48.4 Å². The van der Waals surface area contributed by atoms with E-state index in [-0.39, 0.29) is 42.4 Å². The fourth-order valence-corrected chi connectivity index (χ4v) is 6.48. The molecule has 2 aromatic rings. The molecule has 160 valence electrons. The monoisotopic (exact) mass is 447 g/mol. The lowest BCUT2D eigenvalue weighted by Crippen LogP contribution is -2.49. The van der Waals surface area contributed by atoms with Crippen molar-refractivity contribution < 1.29 is 18.0 Å². The van der Waals surface area contributed by atoms with E-state index in [1.165, 1.54) is 25.0 Å². The van der Waals surface area contributed by atoms with Crippen molar-refractivity contribution in [2.24, 2.45) is 5.92 Å². The van der Waals surface area contributed by atoms with Gasteiger partial charge < -0.3 is 10.6 Å². The normalized spacial score (nSPS) is 19.4. The predicted molar refractivity (Wildman–Crippen MR) is 115 cm³/mol. The summed E-state index contributed by atoms with van der Waals surface area (Å²) in [5, 5.41) is 7.77. The van der Waals surface area contributed by atoms with Gasteiger partial charge in [-0.2, -0.15) is 4.31 Å². The highest BCUT2D eigenvalue weighted by Gasteiger charge is 2.31. The Morgan fingerprint density at radius 1 is 1.20 bits per heavy atom. The van der Waals surface area contributed by atoms with Gasteiger partial charge in [0, 0.05) is 23.5 Å². The van der Waals surface area contributed by atoms with Gasteiger partial charge in [-0.25, -0.2) is 8.42 Å². The van der Waals surface area contributed by atoms with E-state index < -0.39 is 10.0 Å². The predicted octanol–water partition coefficient (Wildman–Crippen LogP) is 2.53. The molecule has 1 aromatic carbocycles. The quantitative estimate of drug-likeness (QED) is 0.711. The Hall–Kier alpha value is -2.23. The molecule has 0 bridgehead atoms. The van der Waals surface area contributed by atoms with Crippen molar-refractivity contribution >= 4 is 33.2 Å². The number of carbonyl (C=O) groups is 2. The number of nitrogens with zero attached hydrogens (tertiary/aromatic N) is 1. The number of amides is 2. The molecule has 30 heavy (non-hydrogen) atoms. The minimum atomic E-state index is -3.84. The number of nitrogens with one attached hydrogen (secondary N) is 2. The molecule has 4 rings (SSSR count). The highest BCUT2D eigenvalue weighted by molar-refractivity contribution is 7.89. The molecule has 2 aliphatic rings. The molecule has 1 aliphatic carbocycles. The molecule has 2 heterocycles. The summed E-state index contributed by atoms with van der Waals surface area (Å²) in [5.41, 5.74) is 0.303. The fraction of sp³-hybridized carbons (Fsp3) is 0.429. The van der Waals surface area contributed by atoms with Gasteiger partial charge in [0.05, 0.1) is 17.5 Å². The molecule has 1 saturated heterocycles. The molecular weight excluding hydrogens is 422 g/mol. The van der Waals surface area contributed by atoms with Gasteiger partial charge in [-0.15, -0.1) is 11.3 Å². The molecule has 0 spiro atoms. The maximum atomic E-state index is 13.0. The van der Waals surface area contributed by atoms with Crippen molar-refractivity contribution in [1.29, 1.82) is 0 Å². The number of rotatable bonds is 6. The summed E-state index contributed by atoms with van der Waals surface area (Å²) < 4.78 is 27.0. The van der Waals surface area contributed by atoms with E-state index in [0.29, 0.717) is 11.5 Å². The first-order chi connectivity index (χ1) is 14.4. The maximum Gasteiger partial charge on any atom is 0.251 e. The van der Waals surface area contributed by atoms with E-state index in [2.05, 4.69) is 10.6 Å². The third-order valence-electron chi connectivity index (χ3n) is 5.74. The summed E-state index contributed by atoms with van der Waals surface area (Å²) >= 11 is 1.63. The van der Waals surface area contributed by atoms with Crippen LogP contribution in [0.2, 0.25) is 0 Å². The Kier molecular flexibility index (Phi) is 6.21. The number of carbonyl (C=O) groups excluding carboxylic acids is 2. The summed E-state index contributed by atoms with van der Waals surface area (Å²) in [6.07, 6.45) is 4.49. The van der Waals surface area contributed by atoms with Gasteiger partial charge in [0.1, 0.15) is 0 Å². The van der Waals surface area contributed by atoms with E-state index in [4.69, 9.17) is 0 Å². The van der Waals surface area contributed by atoms with Crippen molar-refractivity contribution in [2.75, 3.05) is 19.6 Å². The lowest BCUT2D eigenvalue weighted by atomic mass is 9.96. The zero-order valence-corrected chi connectivity index (χ0v) is 18.2. The Morgan fingerprint density at radius 3 is 2.70 bits per heavy atom. The van der Waals surface area contributed by atoms with Crippen LogP contribution in [0.5, 0.6) is 0 Å². The molecular formula is C21H25N3O4S2. The molecule has 1 unspecified atom stereocenters. The largest absolute Gasteiger partial charge is 0.354 e. The van der Waals surface area contributed by atoms with Crippen LogP contribution in [0.3, 0.4) is 0 Å². The minimum Gasteiger partial charge on any atom is -0.354 e. The van der Waals surface area contributed by atoms with Gasteiger partial charge in [0.25, 0.3) is 5.91 Å². The summed E-state index contributed by atoms with van der Waals surface area (Å²) in [4.78, 5) is 25.8. The summed E-state index contributed by atoms with van der Waals surface area (Å²) in [6.45, 7) is 0.287. The minimum absolute atomic E-state index is 0.0263. The third-order valence-corrected chi connectivity index (χ3v) is 8.54. The Bertz CT molecular complexity index is 1010. The number of thiophene rings is 1. The molecule has 1 aromatic heterocycles. The van der Waals surface area contributed by atoms with Crippen molar-refractivity contribution in [2.45, 2.75) is 36.6 Å². The van der Waals surface area contributed by atoms with Crippen molar-refractivity contribution in [1.82, 2.24) is 14.9 Å². The van der Waals surface area contributed by atoms with Gasteiger partial charge >= 0.3 is 0 Å². The first-order valence-electron chi connectivity index (χ1n) is 10.2. The average Bonchev–Trinajstić information content (AvgIpc) is 3.46. The van der Waals surface area contributed by atoms with Gasteiger partial charge in [0.2, 0.25) is 15.9 Å². The Balaban J connectivity index is 1.55. The van der Waals surface area contributed by atoms with Gasteiger partial charge in [-0.3, -0.25) is 9.59 Å². The number of hydrogen-bond donors (Lipinski definition) is 2. The van der Waals surface area contributed by atoms with Crippen LogP contribution in [-0.2, 0) is 14.8 Å². The second-order valence-corrected chi connectivity index (χ2v) is 10.6. The lowest BCUT2D eigenvalue weighted by molar-refractivity contribution is -0.122.